The van der Waals surface area contributed by atoms with Crippen molar-refractivity contribution in [3.8, 4) is 5.75 Å². The Hall–Kier alpha value is -1.77. The number of oxime groups is 1. The molecule has 1 rings (SSSR count). The second kappa shape index (κ2) is 5.86. The molecule has 0 atom stereocenters. The van der Waals surface area contributed by atoms with Crippen LogP contribution in [0.25, 0.3) is 0 Å². The molecule has 0 saturated heterocycles. The predicted octanol–water partition coefficient (Wildman–Crippen LogP) is 2.84. The predicted molar refractivity (Wildman–Crippen MR) is 60.7 cm³/mol. The lowest BCUT2D eigenvalue weighted by molar-refractivity contribution is 0.319. The van der Waals surface area contributed by atoms with Gasteiger partial charge in [-0.15, -0.1) is 0 Å². The van der Waals surface area contributed by atoms with Crippen LogP contribution in [0.15, 0.2) is 41.6 Å². The Kier molecular flexibility index (Phi) is 4.41. The van der Waals surface area contributed by atoms with E-state index in [9.17, 15) is 0 Å². The standard InChI is InChI=1S/C12H15NO2/c1-3-4-8-15-12-7-5-6-11(9-12)10(2)13-14/h3-7,9,14H,8H2,1-2H3/b4-3+,13-10+. The van der Waals surface area contributed by atoms with Crippen molar-refractivity contribution in [3.05, 3.63) is 42.0 Å². The van der Waals surface area contributed by atoms with E-state index < -0.39 is 0 Å². The molecule has 0 aromatic heterocycles. The van der Waals surface area contributed by atoms with Gasteiger partial charge < -0.3 is 9.94 Å². The molecule has 0 aliphatic heterocycles. The Morgan fingerprint density at radius 3 is 3.00 bits per heavy atom. The molecule has 15 heavy (non-hydrogen) atoms. The first-order chi connectivity index (χ1) is 7.27. The largest absolute Gasteiger partial charge is 0.490 e. The van der Waals surface area contributed by atoms with E-state index in [1.54, 1.807) is 6.92 Å². The highest BCUT2D eigenvalue weighted by atomic mass is 16.5. The molecule has 0 bridgehead atoms. The summed E-state index contributed by atoms with van der Waals surface area (Å²) in [5.74, 6) is 0.772. The average Bonchev–Trinajstić information content (AvgIpc) is 2.29. The first kappa shape index (κ1) is 11.3. The number of nitrogens with zero attached hydrogens (tertiary/aromatic N) is 1. The SMILES string of the molecule is C/C=C/COc1cccc(/C(C)=N/O)c1. The number of hydrogen-bond donors (Lipinski definition) is 1. The molecule has 0 aliphatic rings. The van der Waals surface area contributed by atoms with Gasteiger partial charge in [-0.05, 0) is 26.0 Å². The summed E-state index contributed by atoms with van der Waals surface area (Å²) in [6.07, 6.45) is 3.87. The Bertz CT molecular complexity index is 370. The highest BCUT2D eigenvalue weighted by Gasteiger charge is 1.99. The maximum absolute atomic E-state index is 8.63. The van der Waals surface area contributed by atoms with Crippen LogP contribution >= 0.6 is 0 Å². The molecule has 1 N–H and O–H groups in total. The zero-order valence-electron chi connectivity index (χ0n) is 8.97. The minimum atomic E-state index is 0.551. The molecule has 3 nitrogen and oxygen atoms in total. The summed E-state index contributed by atoms with van der Waals surface area (Å²) < 4.78 is 5.46. The van der Waals surface area contributed by atoms with Crippen molar-refractivity contribution >= 4 is 5.71 Å². The van der Waals surface area contributed by atoms with Crippen molar-refractivity contribution < 1.29 is 9.94 Å². The van der Waals surface area contributed by atoms with Gasteiger partial charge in [-0.1, -0.05) is 29.4 Å². The van der Waals surface area contributed by atoms with E-state index in [0.29, 0.717) is 12.3 Å². The van der Waals surface area contributed by atoms with E-state index in [2.05, 4.69) is 5.16 Å². The van der Waals surface area contributed by atoms with Crippen LogP contribution in [-0.2, 0) is 0 Å². The third-order valence-electron chi connectivity index (χ3n) is 1.98. The molecule has 0 amide bonds. The second-order valence-corrected chi connectivity index (χ2v) is 3.09. The van der Waals surface area contributed by atoms with Crippen LogP contribution in [0.1, 0.15) is 19.4 Å². The Morgan fingerprint density at radius 2 is 2.33 bits per heavy atom. The highest BCUT2D eigenvalue weighted by molar-refractivity contribution is 5.98. The van der Waals surface area contributed by atoms with Gasteiger partial charge in [0, 0.05) is 5.56 Å². The van der Waals surface area contributed by atoms with E-state index in [1.807, 2.05) is 43.3 Å². The second-order valence-electron chi connectivity index (χ2n) is 3.09. The molecule has 0 unspecified atom stereocenters. The zero-order chi connectivity index (χ0) is 11.1. The fourth-order valence-corrected chi connectivity index (χ4v) is 1.11. The lowest BCUT2D eigenvalue weighted by atomic mass is 10.1. The molecule has 0 spiro atoms. The van der Waals surface area contributed by atoms with Gasteiger partial charge in [-0.25, -0.2) is 0 Å². The fourth-order valence-electron chi connectivity index (χ4n) is 1.11. The topological polar surface area (TPSA) is 41.8 Å². The van der Waals surface area contributed by atoms with Crippen molar-refractivity contribution in [2.45, 2.75) is 13.8 Å². The molecule has 0 radical (unpaired) electrons. The van der Waals surface area contributed by atoms with Crippen LogP contribution in [0, 0.1) is 0 Å². The first-order valence-electron chi connectivity index (χ1n) is 4.81. The van der Waals surface area contributed by atoms with Crippen LogP contribution in [0.2, 0.25) is 0 Å². The zero-order valence-corrected chi connectivity index (χ0v) is 8.97. The fraction of sp³-hybridized carbons (Fsp3) is 0.250. The summed E-state index contributed by atoms with van der Waals surface area (Å²) in [5.41, 5.74) is 1.43. The van der Waals surface area contributed by atoms with Crippen LogP contribution in [0.3, 0.4) is 0 Å². The van der Waals surface area contributed by atoms with Gasteiger partial charge in [0.05, 0.1) is 5.71 Å². The molecule has 1 aromatic rings. The van der Waals surface area contributed by atoms with Crippen molar-refractivity contribution in [3.63, 3.8) is 0 Å². The number of ether oxygens (including phenoxy) is 1. The summed E-state index contributed by atoms with van der Waals surface area (Å²) in [6.45, 7) is 4.24. The molecule has 0 saturated carbocycles. The molecule has 3 heteroatoms. The summed E-state index contributed by atoms with van der Waals surface area (Å²) in [6, 6.07) is 7.46. The van der Waals surface area contributed by atoms with Crippen LogP contribution in [-0.4, -0.2) is 17.5 Å². The molecule has 0 aliphatic carbocycles. The quantitative estimate of drug-likeness (QED) is 0.355. The summed E-state index contributed by atoms with van der Waals surface area (Å²) in [5, 5.41) is 11.8. The number of allylic oxidation sites excluding steroid dienone is 1. The van der Waals surface area contributed by atoms with E-state index in [0.717, 1.165) is 11.3 Å². The minimum Gasteiger partial charge on any atom is -0.490 e. The van der Waals surface area contributed by atoms with Crippen LogP contribution < -0.4 is 4.74 Å². The number of benzene rings is 1. The molecule has 1 aromatic carbocycles. The van der Waals surface area contributed by atoms with Crippen molar-refractivity contribution in [2.24, 2.45) is 5.16 Å². The van der Waals surface area contributed by atoms with Crippen LogP contribution in [0.4, 0.5) is 0 Å². The van der Waals surface area contributed by atoms with Gasteiger partial charge in [0.1, 0.15) is 12.4 Å². The number of hydrogen-bond acceptors (Lipinski definition) is 3. The maximum Gasteiger partial charge on any atom is 0.120 e. The molecular formula is C12H15NO2. The van der Waals surface area contributed by atoms with Crippen molar-refractivity contribution in [2.75, 3.05) is 6.61 Å². The number of rotatable bonds is 4. The molecular weight excluding hydrogens is 190 g/mol. The monoisotopic (exact) mass is 205 g/mol. The van der Waals surface area contributed by atoms with E-state index >= 15 is 0 Å². The molecule has 0 heterocycles. The summed E-state index contributed by atoms with van der Waals surface area (Å²) in [7, 11) is 0. The van der Waals surface area contributed by atoms with Gasteiger partial charge in [0.25, 0.3) is 0 Å². The average molecular weight is 205 g/mol. The molecule has 0 fully saturated rings. The van der Waals surface area contributed by atoms with Gasteiger partial charge in [0.2, 0.25) is 0 Å². The summed E-state index contributed by atoms with van der Waals surface area (Å²) >= 11 is 0. The lowest BCUT2D eigenvalue weighted by Gasteiger charge is -2.05. The normalized spacial score (nSPS) is 12.0. The highest BCUT2D eigenvalue weighted by Crippen LogP contribution is 2.13. The van der Waals surface area contributed by atoms with Gasteiger partial charge >= 0.3 is 0 Å². The first-order valence-corrected chi connectivity index (χ1v) is 4.81. The van der Waals surface area contributed by atoms with Gasteiger partial charge in [-0.3, -0.25) is 0 Å². The van der Waals surface area contributed by atoms with Crippen molar-refractivity contribution in [1.29, 1.82) is 0 Å². The van der Waals surface area contributed by atoms with E-state index in [1.165, 1.54) is 0 Å². The Morgan fingerprint density at radius 1 is 1.53 bits per heavy atom. The minimum absolute atomic E-state index is 0.551. The summed E-state index contributed by atoms with van der Waals surface area (Å²) in [4.78, 5) is 0. The molecule has 80 valence electrons. The maximum atomic E-state index is 8.63. The Labute approximate surface area is 89.7 Å². The van der Waals surface area contributed by atoms with E-state index in [-0.39, 0.29) is 0 Å². The third-order valence-corrected chi connectivity index (χ3v) is 1.98. The third kappa shape index (κ3) is 3.46. The van der Waals surface area contributed by atoms with Crippen LogP contribution in [0.5, 0.6) is 5.75 Å². The van der Waals surface area contributed by atoms with Gasteiger partial charge in [-0.2, -0.15) is 0 Å². The smallest absolute Gasteiger partial charge is 0.120 e. The van der Waals surface area contributed by atoms with Gasteiger partial charge in [0.15, 0.2) is 0 Å². The Balaban J connectivity index is 2.74. The van der Waals surface area contributed by atoms with E-state index in [4.69, 9.17) is 9.94 Å². The lowest BCUT2D eigenvalue weighted by Crippen LogP contribution is -1.97. The van der Waals surface area contributed by atoms with Crippen molar-refractivity contribution in [1.82, 2.24) is 0 Å².